The second kappa shape index (κ2) is 6.70. The van der Waals surface area contributed by atoms with Gasteiger partial charge in [-0.05, 0) is 6.07 Å². The number of hydrogen-bond acceptors (Lipinski definition) is 5. The van der Waals surface area contributed by atoms with Crippen LogP contribution in [0.1, 0.15) is 22.3 Å². The highest BCUT2D eigenvalue weighted by Crippen LogP contribution is 2.10. The first-order valence-electron chi connectivity index (χ1n) is 6.56. The number of rotatable bonds is 2. The number of pyridine rings is 1. The maximum atomic E-state index is 12.3. The van der Waals surface area contributed by atoms with Gasteiger partial charge in [-0.3, -0.25) is 9.78 Å². The van der Waals surface area contributed by atoms with Crippen LogP contribution in [0.2, 0.25) is 0 Å². The lowest BCUT2D eigenvalue weighted by Crippen LogP contribution is -2.43. The highest BCUT2D eigenvalue weighted by atomic mass is 32.2. The standard InChI is InChI=1S/C14H16N2O4S/c17-6-2-1-3-12-9-13(11-15-10-12)14(18)16-4-7-21(19,20)8-5-16/h9-11,17H,2,4-8H2. The van der Waals surface area contributed by atoms with Crippen LogP contribution in [0, 0.1) is 11.8 Å². The number of amides is 1. The van der Waals surface area contributed by atoms with E-state index >= 15 is 0 Å². The Bertz CT molecular complexity index is 674. The summed E-state index contributed by atoms with van der Waals surface area (Å²) in [4.78, 5) is 17.8. The fourth-order valence-corrected chi connectivity index (χ4v) is 3.15. The first-order valence-corrected chi connectivity index (χ1v) is 8.38. The van der Waals surface area contributed by atoms with Gasteiger partial charge in [0.1, 0.15) is 0 Å². The molecule has 0 saturated carbocycles. The Hall–Kier alpha value is -1.91. The third-order valence-corrected chi connectivity index (χ3v) is 4.70. The second-order valence-electron chi connectivity index (χ2n) is 4.68. The molecule has 0 unspecified atom stereocenters. The van der Waals surface area contributed by atoms with Crippen molar-refractivity contribution in [3.05, 3.63) is 29.6 Å². The van der Waals surface area contributed by atoms with Gasteiger partial charge in [0.25, 0.3) is 5.91 Å². The average molecular weight is 308 g/mol. The van der Waals surface area contributed by atoms with Crippen LogP contribution in [0.25, 0.3) is 0 Å². The van der Waals surface area contributed by atoms with Crippen molar-refractivity contribution in [2.75, 3.05) is 31.2 Å². The van der Waals surface area contributed by atoms with Crippen molar-refractivity contribution in [3.63, 3.8) is 0 Å². The Morgan fingerprint density at radius 1 is 1.33 bits per heavy atom. The molecule has 0 aromatic carbocycles. The van der Waals surface area contributed by atoms with Crippen LogP contribution in [0.15, 0.2) is 18.5 Å². The highest BCUT2D eigenvalue weighted by Gasteiger charge is 2.25. The van der Waals surface area contributed by atoms with Crippen molar-refractivity contribution in [1.82, 2.24) is 9.88 Å². The van der Waals surface area contributed by atoms with Gasteiger partial charge in [0.2, 0.25) is 0 Å². The van der Waals surface area contributed by atoms with Crippen molar-refractivity contribution < 1.29 is 18.3 Å². The van der Waals surface area contributed by atoms with Gasteiger partial charge >= 0.3 is 0 Å². The molecule has 21 heavy (non-hydrogen) atoms. The van der Waals surface area contributed by atoms with Crippen molar-refractivity contribution >= 4 is 15.7 Å². The Morgan fingerprint density at radius 2 is 2.05 bits per heavy atom. The summed E-state index contributed by atoms with van der Waals surface area (Å²) in [5.74, 6) is 5.35. The summed E-state index contributed by atoms with van der Waals surface area (Å²) < 4.78 is 22.7. The lowest BCUT2D eigenvalue weighted by Gasteiger charge is -2.26. The van der Waals surface area contributed by atoms with E-state index in [0.29, 0.717) is 17.5 Å². The predicted molar refractivity (Wildman–Crippen MR) is 77.4 cm³/mol. The molecule has 1 amide bonds. The van der Waals surface area contributed by atoms with E-state index in [2.05, 4.69) is 16.8 Å². The van der Waals surface area contributed by atoms with Gasteiger partial charge in [-0.15, -0.1) is 0 Å². The number of aromatic nitrogens is 1. The van der Waals surface area contributed by atoms with E-state index < -0.39 is 9.84 Å². The molecule has 2 heterocycles. The van der Waals surface area contributed by atoms with Gasteiger partial charge in [-0.25, -0.2) is 8.42 Å². The molecule has 1 aliphatic heterocycles. The number of sulfone groups is 1. The summed E-state index contributed by atoms with van der Waals surface area (Å²) in [6.07, 6.45) is 3.35. The van der Waals surface area contributed by atoms with Crippen LogP contribution >= 0.6 is 0 Å². The number of aliphatic hydroxyl groups excluding tert-OH is 1. The summed E-state index contributed by atoms with van der Waals surface area (Å²) in [6.45, 7) is 0.407. The third kappa shape index (κ3) is 4.28. The summed E-state index contributed by atoms with van der Waals surface area (Å²) in [6, 6.07) is 1.63. The van der Waals surface area contributed by atoms with Crippen LogP contribution < -0.4 is 0 Å². The van der Waals surface area contributed by atoms with Gasteiger partial charge in [0.15, 0.2) is 9.84 Å². The zero-order valence-electron chi connectivity index (χ0n) is 11.4. The Morgan fingerprint density at radius 3 is 2.71 bits per heavy atom. The summed E-state index contributed by atoms with van der Waals surface area (Å²) in [5.41, 5.74) is 0.990. The van der Waals surface area contributed by atoms with Crippen LogP contribution in [0.5, 0.6) is 0 Å². The minimum atomic E-state index is -3.01. The Balaban J connectivity index is 2.10. The minimum absolute atomic E-state index is 0.00215. The monoisotopic (exact) mass is 308 g/mol. The molecule has 0 aliphatic carbocycles. The average Bonchev–Trinajstić information content (AvgIpc) is 2.47. The normalized spacial score (nSPS) is 16.9. The fraction of sp³-hybridized carbons (Fsp3) is 0.429. The fourth-order valence-electron chi connectivity index (χ4n) is 1.94. The molecule has 0 spiro atoms. The first-order chi connectivity index (χ1) is 10.0. The van der Waals surface area contributed by atoms with Crippen LogP contribution in [-0.4, -0.2) is 60.5 Å². The van der Waals surface area contributed by atoms with E-state index in [9.17, 15) is 13.2 Å². The summed E-state index contributed by atoms with van der Waals surface area (Å²) >= 11 is 0. The molecular weight excluding hydrogens is 292 g/mol. The highest BCUT2D eigenvalue weighted by molar-refractivity contribution is 7.91. The second-order valence-corrected chi connectivity index (χ2v) is 6.99. The van der Waals surface area contributed by atoms with Crippen molar-refractivity contribution in [2.24, 2.45) is 0 Å². The van der Waals surface area contributed by atoms with Gasteiger partial charge in [0, 0.05) is 37.5 Å². The minimum Gasteiger partial charge on any atom is -0.395 e. The van der Waals surface area contributed by atoms with Gasteiger partial charge < -0.3 is 10.0 Å². The zero-order valence-corrected chi connectivity index (χ0v) is 12.3. The topological polar surface area (TPSA) is 87.6 Å². The maximum absolute atomic E-state index is 12.3. The van der Waals surface area contributed by atoms with Crippen LogP contribution in [0.4, 0.5) is 0 Å². The van der Waals surface area contributed by atoms with E-state index in [4.69, 9.17) is 5.11 Å². The Kier molecular flexibility index (Phi) is 4.94. The van der Waals surface area contributed by atoms with Gasteiger partial charge in [0.05, 0.1) is 23.7 Å². The molecule has 0 atom stereocenters. The molecule has 1 N–H and O–H groups in total. The van der Waals surface area contributed by atoms with Crippen molar-refractivity contribution in [3.8, 4) is 11.8 Å². The van der Waals surface area contributed by atoms with E-state index in [1.54, 1.807) is 12.3 Å². The largest absolute Gasteiger partial charge is 0.395 e. The van der Waals surface area contributed by atoms with Crippen LogP contribution in [-0.2, 0) is 9.84 Å². The quantitative estimate of drug-likeness (QED) is 0.757. The summed E-state index contributed by atoms with van der Waals surface area (Å²) in [7, 11) is -3.01. The number of aliphatic hydroxyl groups is 1. The van der Waals surface area contributed by atoms with E-state index in [-0.39, 0.29) is 37.1 Å². The Labute approximate surface area is 123 Å². The molecule has 1 aromatic heterocycles. The molecule has 2 rings (SSSR count). The number of hydrogen-bond donors (Lipinski definition) is 1. The molecule has 7 heteroatoms. The molecule has 112 valence electrons. The van der Waals surface area contributed by atoms with Crippen molar-refractivity contribution in [2.45, 2.75) is 6.42 Å². The number of carbonyl (C=O) groups is 1. The van der Waals surface area contributed by atoms with E-state index in [1.807, 2.05) is 0 Å². The first kappa shape index (κ1) is 15.5. The van der Waals surface area contributed by atoms with E-state index in [0.717, 1.165) is 0 Å². The molecule has 1 fully saturated rings. The molecule has 1 aromatic rings. The molecular formula is C14H16N2O4S. The van der Waals surface area contributed by atoms with Gasteiger partial charge in [-0.2, -0.15) is 0 Å². The maximum Gasteiger partial charge on any atom is 0.255 e. The lowest BCUT2D eigenvalue weighted by molar-refractivity contribution is 0.0770. The van der Waals surface area contributed by atoms with E-state index in [1.165, 1.54) is 11.1 Å². The smallest absolute Gasteiger partial charge is 0.255 e. The lowest BCUT2D eigenvalue weighted by atomic mass is 10.2. The summed E-state index contributed by atoms with van der Waals surface area (Å²) in [5, 5.41) is 8.67. The molecule has 0 radical (unpaired) electrons. The van der Waals surface area contributed by atoms with Crippen molar-refractivity contribution in [1.29, 1.82) is 0 Å². The third-order valence-electron chi connectivity index (χ3n) is 3.09. The molecule has 6 nitrogen and oxygen atoms in total. The molecule has 1 saturated heterocycles. The number of nitrogens with zero attached hydrogens (tertiary/aromatic N) is 2. The number of carbonyl (C=O) groups excluding carboxylic acids is 1. The molecule has 1 aliphatic rings. The van der Waals surface area contributed by atoms with Gasteiger partial charge in [-0.1, -0.05) is 11.8 Å². The SMILES string of the molecule is O=C(c1cncc(C#CCCO)c1)N1CCS(=O)(=O)CC1. The zero-order chi connectivity index (χ0) is 15.3. The predicted octanol–water partition coefficient (Wildman–Crippen LogP) is -0.314. The van der Waals surface area contributed by atoms with Crippen LogP contribution in [0.3, 0.4) is 0 Å². The molecule has 0 bridgehead atoms.